The van der Waals surface area contributed by atoms with Crippen molar-refractivity contribution in [1.82, 2.24) is 0 Å². The van der Waals surface area contributed by atoms with Crippen LogP contribution in [-0.2, 0) is 20.1 Å². The van der Waals surface area contributed by atoms with Crippen molar-refractivity contribution in [2.45, 2.75) is 50.5 Å². The van der Waals surface area contributed by atoms with Gasteiger partial charge in [0.15, 0.2) is 16.6 Å². The molecule has 4 nitrogen and oxygen atoms in total. The van der Waals surface area contributed by atoms with Gasteiger partial charge in [-0.3, -0.25) is 0 Å². The van der Waals surface area contributed by atoms with Crippen molar-refractivity contribution in [2.24, 2.45) is 0 Å². The summed E-state index contributed by atoms with van der Waals surface area (Å²) < 4.78 is 26.4. The maximum absolute atomic E-state index is 7.61. The quantitative estimate of drug-likeness (QED) is 0.169. The van der Waals surface area contributed by atoms with Gasteiger partial charge in [0.25, 0.3) is 0 Å². The van der Waals surface area contributed by atoms with E-state index < -0.39 is 27.8 Å². The Morgan fingerprint density at radius 3 is 0.925 bits per heavy atom. The van der Waals surface area contributed by atoms with E-state index in [9.17, 15) is 0 Å². The van der Waals surface area contributed by atoms with Crippen LogP contribution in [0, 0.1) is 0 Å². The summed E-state index contributed by atoms with van der Waals surface area (Å²) >= 11 is 0. The van der Waals surface area contributed by atoms with Crippen LogP contribution in [-0.4, -0.2) is 30.9 Å². The van der Waals surface area contributed by atoms with E-state index in [0.717, 1.165) is 33.8 Å². The highest BCUT2D eigenvalue weighted by molar-refractivity contribution is 6.70. The van der Waals surface area contributed by atoms with E-state index in [4.69, 9.17) is 18.3 Å². The van der Waals surface area contributed by atoms with E-state index in [-0.39, 0.29) is 0 Å². The fourth-order valence-electron chi connectivity index (χ4n) is 5.44. The Morgan fingerprint density at radius 1 is 0.400 bits per heavy atom. The molecule has 2 atom stereocenters. The van der Waals surface area contributed by atoms with Gasteiger partial charge in [-0.15, -0.1) is 0 Å². The van der Waals surface area contributed by atoms with Gasteiger partial charge in [0.05, 0.1) is 14.2 Å². The Balaban J connectivity index is 2.28. The van der Waals surface area contributed by atoms with Crippen LogP contribution >= 0.6 is 0 Å². The van der Waals surface area contributed by atoms with Crippen LogP contribution in [0.3, 0.4) is 0 Å². The number of hydrogen-bond acceptors (Lipinski definition) is 4. The van der Waals surface area contributed by atoms with Crippen LogP contribution in [0.2, 0.25) is 39.3 Å². The van der Waals surface area contributed by atoms with Crippen molar-refractivity contribution in [2.75, 3.05) is 14.2 Å². The highest BCUT2D eigenvalue weighted by Crippen LogP contribution is 2.57. The van der Waals surface area contributed by atoms with Gasteiger partial charge in [0.1, 0.15) is 22.7 Å². The Hall–Kier alpha value is -3.17. The molecule has 6 heteroatoms. The molecule has 4 aromatic rings. The van der Waals surface area contributed by atoms with Crippen LogP contribution in [0.25, 0.3) is 0 Å². The molecule has 0 aliphatic carbocycles. The fraction of sp³-hybridized carbons (Fsp3) is 0.294. The second-order valence-electron chi connectivity index (χ2n) is 12.0. The third-order valence-corrected chi connectivity index (χ3v) is 8.61. The Kier molecular flexibility index (Phi) is 8.76. The van der Waals surface area contributed by atoms with Gasteiger partial charge in [-0.25, -0.2) is 0 Å². The lowest BCUT2D eigenvalue weighted by molar-refractivity contribution is -0.0880. The summed E-state index contributed by atoms with van der Waals surface area (Å²) in [6.07, 6.45) is 0. The highest BCUT2D eigenvalue weighted by Gasteiger charge is 2.60. The number of hydrogen-bond donors (Lipinski definition) is 0. The molecule has 0 radical (unpaired) electrons. The molecular formula is C34H42O4Si2. The minimum absolute atomic E-state index is 0.791. The first-order valence-corrected chi connectivity index (χ1v) is 20.6. The van der Waals surface area contributed by atoms with Gasteiger partial charge in [-0.2, -0.15) is 0 Å². The van der Waals surface area contributed by atoms with Gasteiger partial charge in [0.2, 0.25) is 0 Å². The minimum Gasteiger partial charge on any atom is -0.497 e. The molecule has 0 aliphatic rings. The molecule has 0 bridgehead atoms. The van der Waals surface area contributed by atoms with Crippen molar-refractivity contribution in [1.29, 1.82) is 0 Å². The van der Waals surface area contributed by atoms with E-state index in [0.29, 0.717) is 0 Å². The summed E-state index contributed by atoms with van der Waals surface area (Å²) in [6, 6.07) is 37.6. The molecule has 0 amide bonds. The molecule has 40 heavy (non-hydrogen) atoms. The third-order valence-electron chi connectivity index (χ3n) is 6.77. The zero-order valence-corrected chi connectivity index (χ0v) is 27.0. The first-order chi connectivity index (χ1) is 18.9. The average molecular weight is 571 g/mol. The van der Waals surface area contributed by atoms with E-state index in [2.05, 4.69) is 112 Å². The van der Waals surface area contributed by atoms with Crippen LogP contribution in [0.15, 0.2) is 109 Å². The molecule has 4 aromatic carbocycles. The largest absolute Gasteiger partial charge is 0.497 e. The standard InChI is InChI=1S/C34H42O4Si2/c1-35-31-23-19-29(20-24-31)33(37-39(3,4)5,27-15-11-9-12-16-27)34(38-40(6,7)8,28-17-13-10-14-18-28)30-21-25-32(36-2)26-22-30/h9-26H,1-8H3. The summed E-state index contributed by atoms with van der Waals surface area (Å²) in [5.74, 6) is 1.58. The first-order valence-electron chi connectivity index (χ1n) is 13.8. The molecule has 210 valence electrons. The maximum atomic E-state index is 7.61. The van der Waals surface area contributed by atoms with E-state index in [1.807, 2.05) is 36.4 Å². The van der Waals surface area contributed by atoms with Gasteiger partial charge in [-0.1, -0.05) is 84.9 Å². The van der Waals surface area contributed by atoms with Gasteiger partial charge >= 0.3 is 0 Å². The van der Waals surface area contributed by atoms with Crippen molar-refractivity contribution >= 4 is 16.6 Å². The van der Waals surface area contributed by atoms with Gasteiger partial charge < -0.3 is 18.3 Å². The smallest absolute Gasteiger partial charge is 0.185 e. The molecule has 4 rings (SSSR count). The molecule has 0 heterocycles. The molecule has 0 spiro atoms. The van der Waals surface area contributed by atoms with Crippen LogP contribution in [0.1, 0.15) is 22.3 Å². The third kappa shape index (κ3) is 5.95. The summed E-state index contributed by atoms with van der Waals surface area (Å²) in [7, 11) is -1.15. The molecular weight excluding hydrogens is 529 g/mol. The monoisotopic (exact) mass is 570 g/mol. The first kappa shape index (κ1) is 29.8. The molecule has 0 aliphatic heterocycles. The lowest BCUT2D eigenvalue weighted by atomic mass is 9.66. The predicted octanol–water partition coefficient (Wildman–Crippen LogP) is 8.59. The summed E-state index contributed by atoms with van der Waals surface area (Å²) in [5.41, 5.74) is 1.98. The van der Waals surface area contributed by atoms with Crippen molar-refractivity contribution < 1.29 is 18.3 Å². The lowest BCUT2D eigenvalue weighted by Gasteiger charge is -2.55. The average Bonchev–Trinajstić information content (AvgIpc) is 2.95. The number of rotatable bonds is 11. The zero-order chi connectivity index (χ0) is 29.0. The summed E-state index contributed by atoms with van der Waals surface area (Å²) in [6.45, 7) is 13.5. The van der Waals surface area contributed by atoms with Crippen LogP contribution in [0.4, 0.5) is 0 Å². The maximum Gasteiger partial charge on any atom is 0.185 e. The lowest BCUT2D eigenvalue weighted by Crippen LogP contribution is -2.60. The topological polar surface area (TPSA) is 36.9 Å². The van der Waals surface area contributed by atoms with Gasteiger partial charge in [-0.05, 0) is 85.8 Å². The Morgan fingerprint density at radius 2 is 0.675 bits per heavy atom. The molecule has 0 fully saturated rings. The predicted molar refractivity (Wildman–Crippen MR) is 169 cm³/mol. The van der Waals surface area contributed by atoms with Crippen molar-refractivity contribution in [3.63, 3.8) is 0 Å². The van der Waals surface area contributed by atoms with Crippen molar-refractivity contribution in [3.8, 4) is 11.5 Å². The van der Waals surface area contributed by atoms with E-state index >= 15 is 0 Å². The molecule has 0 aromatic heterocycles. The summed E-state index contributed by atoms with van der Waals surface area (Å²) in [5, 5.41) is 0. The van der Waals surface area contributed by atoms with Crippen molar-refractivity contribution in [3.05, 3.63) is 131 Å². The SMILES string of the molecule is COc1ccc(C(O[Si](C)(C)C)(c2ccccc2)C(O[Si](C)(C)C)(c2ccccc2)c2ccc(OC)cc2)cc1. The highest BCUT2D eigenvalue weighted by atomic mass is 28.4. The minimum atomic E-state index is -2.27. The zero-order valence-electron chi connectivity index (χ0n) is 25.0. The fourth-order valence-corrected chi connectivity index (χ4v) is 8.04. The summed E-state index contributed by atoms with van der Waals surface area (Å²) in [4.78, 5) is 0. The molecule has 2 unspecified atom stereocenters. The molecule has 0 N–H and O–H groups in total. The molecule has 0 saturated carbocycles. The Labute approximate surface area is 242 Å². The van der Waals surface area contributed by atoms with E-state index in [1.54, 1.807) is 14.2 Å². The normalized spacial score (nSPS) is 15.1. The van der Waals surface area contributed by atoms with Crippen LogP contribution in [0.5, 0.6) is 11.5 Å². The van der Waals surface area contributed by atoms with E-state index in [1.165, 1.54) is 0 Å². The second kappa shape index (κ2) is 11.7. The van der Waals surface area contributed by atoms with Gasteiger partial charge in [0, 0.05) is 0 Å². The Bertz CT molecular complexity index is 1250. The number of ether oxygens (including phenoxy) is 2. The number of benzene rings is 4. The second-order valence-corrected chi connectivity index (χ2v) is 20.8. The number of methoxy groups -OCH3 is 2. The van der Waals surface area contributed by atoms with Crippen LogP contribution < -0.4 is 9.47 Å². The molecule has 0 saturated heterocycles.